The van der Waals surface area contributed by atoms with Gasteiger partial charge in [0.15, 0.2) is 9.84 Å². The summed E-state index contributed by atoms with van der Waals surface area (Å²) in [6.45, 7) is 1.80. The quantitative estimate of drug-likeness (QED) is 0.827. The number of nitrogens with zero attached hydrogens (tertiary/aromatic N) is 3. The first kappa shape index (κ1) is 17.6. The van der Waals surface area contributed by atoms with Gasteiger partial charge in [0, 0.05) is 25.2 Å². The molecule has 134 valence electrons. The average Bonchev–Trinajstić information content (AvgIpc) is 3.07. The van der Waals surface area contributed by atoms with Gasteiger partial charge in [0.05, 0.1) is 17.2 Å². The molecule has 1 atom stereocenters. The second kappa shape index (κ2) is 6.59. The van der Waals surface area contributed by atoms with Crippen LogP contribution in [-0.2, 0) is 23.4 Å². The number of carbonyl (C=O) groups excluding carboxylic acids is 1. The normalized spacial score (nSPS) is 19.1. The molecular weight excluding hydrogens is 345 g/mol. The van der Waals surface area contributed by atoms with Gasteiger partial charge in [-0.1, -0.05) is 18.2 Å². The number of hydrogen-bond donors (Lipinski definition) is 0. The molecule has 0 aliphatic carbocycles. The molecule has 1 unspecified atom stereocenters. The van der Waals surface area contributed by atoms with E-state index < -0.39 is 21.7 Å². The molecule has 2 aromatic rings. The van der Waals surface area contributed by atoms with Crippen molar-refractivity contribution in [2.75, 3.05) is 11.5 Å². The fourth-order valence-corrected chi connectivity index (χ4v) is 4.89. The van der Waals surface area contributed by atoms with Crippen LogP contribution in [0.5, 0.6) is 0 Å². The molecule has 1 aromatic heterocycles. The molecule has 0 radical (unpaired) electrons. The number of halogens is 1. The number of hydrogen-bond acceptors (Lipinski definition) is 4. The van der Waals surface area contributed by atoms with E-state index in [1.165, 1.54) is 15.6 Å². The third-order valence-electron chi connectivity index (χ3n) is 4.43. The van der Waals surface area contributed by atoms with Gasteiger partial charge in [-0.05, 0) is 25.5 Å². The summed E-state index contributed by atoms with van der Waals surface area (Å²) in [4.78, 5) is 14.5. The van der Waals surface area contributed by atoms with E-state index in [2.05, 4.69) is 5.10 Å². The Kier molecular flexibility index (Phi) is 4.64. The van der Waals surface area contributed by atoms with E-state index in [1.54, 1.807) is 38.2 Å². The van der Waals surface area contributed by atoms with Crippen molar-refractivity contribution >= 4 is 15.7 Å². The van der Waals surface area contributed by atoms with Gasteiger partial charge in [-0.15, -0.1) is 0 Å². The average molecular weight is 365 g/mol. The number of aromatic nitrogens is 2. The minimum atomic E-state index is -3.17. The van der Waals surface area contributed by atoms with Crippen LogP contribution < -0.4 is 0 Å². The highest BCUT2D eigenvalue weighted by Crippen LogP contribution is 2.23. The summed E-state index contributed by atoms with van der Waals surface area (Å²) in [6, 6.07) is 7.40. The number of rotatable bonds is 4. The van der Waals surface area contributed by atoms with Crippen molar-refractivity contribution < 1.29 is 17.6 Å². The Labute approximate surface area is 146 Å². The fraction of sp³-hybridized carbons (Fsp3) is 0.412. The number of amides is 1. The SMILES string of the molecule is Cc1cc(C(=O)N(Cc2ccccc2F)C2CCS(=O)(=O)C2)n(C)n1. The van der Waals surface area contributed by atoms with Crippen LogP contribution in [0.3, 0.4) is 0 Å². The highest BCUT2D eigenvalue weighted by Gasteiger charge is 2.36. The fourth-order valence-electron chi connectivity index (χ4n) is 3.16. The van der Waals surface area contributed by atoms with E-state index in [1.807, 2.05) is 0 Å². The molecule has 0 N–H and O–H groups in total. The van der Waals surface area contributed by atoms with Crippen molar-refractivity contribution in [1.29, 1.82) is 0 Å². The van der Waals surface area contributed by atoms with Crippen LogP contribution in [0.25, 0.3) is 0 Å². The maximum atomic E-state index is 14.1. The summed E-state index contributed by atoms with van der Waals surface area (Å²) >= 11 is 0. The highest BCUT2D eigenvalue weighted by molar-refractivity contribution is 7.91. The zero-order valence-electron chi connectivity index (χ0n) is 14.1. The molecule has 25 heavy (non-hydrogen) atoms. The van der Waals surface area contributed by atoms with Gasteiger partial charge in [0.25, 0.3) is 5.91 Å². The minimum absolute atomic E-state index is 0.0237. The lowest BCUT2D eigenvalue weighted by atomic mass is 10.1. The minimum Gasteiger partial charge on any atom is -0.329 e. The Morgan fingerprint density at radius 3 is 2.68 bits per heavy atom. The van der Waals surface area contributed by atoms with Crippen LogP contribution in [0.15, 0.2) is 30.3 Å². The molecule has 2 heterocycles. The smallest absolute Gasteiger partial charge is 0.272 e. The van der Waals surface area contributed by atoms with Gasteiger partial charge in [0.1, 0.15) is 11.5 Å². The molecule has 0 bridgehead atoms. The van der Waals surface area contributed by atoms with E-state index in [-0.39, 0.29) is 24.0 Å². The van der Waals surface area contributed by atoms with Gasteiger partial charge in [-0.2, -0.15) is 5.10 Å². The molecule has 1 aliphatic rings. The number of carbonyl (C=O) groups is 1. The maximum absolute atomic E-state index is 14.1. The predicted molar refractivity (Wildman–Crippen MR) is 91.3 cm³/mol. The molecule has 1 saturated heterocycles. The van der Waals surface area contributed by atoms with E-state index in [4.69, 9.17) is 0 Å². The molecule has 1 fully saturated rings. The molecular formula is C17H20FN3O3S. The summed E-state index contributed by atoms with van der Waals surface area (Å²) in [5.41, 5.74) is 1.41. The van der Waals surface area contributed by atoms with Crippen molar-refractivity contribution in [3.8, 4) is 0 Å². The molecule has 1 amide bonds. The third kappa shape index (κ3) is 3.73. The number of aryl methyl sites for hydroxylation is 2. The van der Waals surface area contributed by atoms with Crippen LogP contribution in [-0.4, -0.2) is 46.6 Å². The first-order valence-electron chi connectivity index (χ1n) is 8.02. The summed E-state index contributed by atoms with van der Waals surface area (Å²) in [5.74, 6) is -0.802. The Balaban J connectivity index is 1.95. The summed E-state index contributed by atoms with van der Waals surface area (Å²) in [7, 11) is -1.51. The first-order chi connectivity index (χ1) is 11.8. The van der Waals surface area contributed by atoms with Crippen molar-refractivity contribution in [3.05, 3.63) is 53.1 Å². The van der Waals surface area contributed by atoms with Crippen molar-refractivity contribution in [3.63, 3.8) is 0 Å². The van der Waals surface area contributed by atoms with Crippen molar-refractivity contribution in [2.24, 2.45) is 7.05 Å². The Morgan fingerprint density at radius 1 is 1.40 bits per heavy atom. The van der Waals surface area contributed by atoms with Crippen LogP contribution in [0, 0.1) is 12.7 Å². The summed E-state index contributed by atoms with van der Waals surface area (Å²) < 4.78 is 39.3. The largest absolute Gasteiger partial charge is 0.329 e. The Morgan fingerprint density at radius 2 is 2.12 bits per heavy atom. The second-order valence-electron chi connectivity index (χ2n) is 6.38. The van der Waals surface area contributed by atoms with E-state index in [0.29, 0.717) is 23.4 Å². The Bertz CT molecular complexity index is 908. The van der Waals surface area contributed by atoms with Gasteiger partial charge < -0.3 is 4.90 Å². The van der Waals surface area contributed by atoms with Crippen LogP contribution in [0.1, 0.15) is 28.2 Å². The lowest BCUT2D eigenvalue weighted by molar-refractivity contribution is 0.0667. The maximum Gasteiger partial charge on any atom is 0.272 e. The van der Waals surface area contributed by atoms with Gasteiger partial charge in [-0.3, -0.25) is 9.48 Å². The zero-order chi connectivity index (χ0) is 18.2. The predicted octanol–water partition coefficient (Wildman–Crippen LogP) is 1.70. The second-order valence-corrected chi connectivity index (χ2v) is 8.60. The molecule has 6 nitrogen and oxygen atoms in total. The molecule has 1 aromatic carbocycles. The first-order valence-corrected chi connectivity index (χ1v) is 9.84. The van der Waals surface area contributed by atoms with Gasteiger partial charge >= 0.3 is 0 Å². The van der Waals surface area contributed by atoms with Gasteiger partial charge in [0.2, 0.25) is 0 Å². The summed E-state index contributed by atoms with van der Waals surface area (Å²) in [5, 5.41) is 4.17. The van der Waals surface area contributed by atoms with Crippen LogP contribution in [0.4, 0.5) is 4.39 Å². The van der Waals surface area contributed by atoms with E-state index in [9.17, 15) is 17.6 Å². The standard InChI is InChI=1S/C17H20FN3O3S/c1-12-9-16(20(2)19-12)17(22)21(14-7-8-25(23,24)11-14)10-13-5-3-4-6-15(13)18/h3-6,9,14H,7-8,10-11H2,1-2H3. The topological polar surface area (TPSA) is 72.3 Å². The molecule has 0 spiro atoms. The highest BCUT2D eigenvalue weighted by atomic mass is 32.2. The molecule has 1 aliphatic heterocycles. The Hall–Kier alpha value is -2.22. The van der Waals surface area contributed by atoms with Gasteiger partial charge in [-0.25, -0.2) is 12.8 Å². The third-order valence-corrected chi connectivity index (χ3v) is 6.18. The van der Waals surface area contributed by atoms with Crippen molar-refractivity contribution in [2.45, 2.75) is 25.9 Å². The lowest BCUT2D eigenvalue weighted by Crippen LogP contribution is -2.41. The molecule has 3 rings (SSSR count). The van der Waals surface area contributed by atoms with E-state index >= 15 is 0 Å². The lowest BCUT2D eigenvalue weighted by Gasteiger charge is -2.28. The summed E-state index contributed by atoms with van der Waals surface area (Å²) in [6.07, 6.45) is 0.360. The van der Waals surface area contributed by atoms with Crippen LogP contribution >= 0.6 is 0 Å². The van der Waals surface area contributed by atoms with Crippen LogP contribution in [0.2, 0.25) is 0 Å². The monoisotopic (exact) mass is 365 g/mol. The number of benzene rings is 1. The van der Waals surface area contributed by atoms with Crippen molar-refractivity contribution in [1.82, 2.24) is 14.7 Å². The van der Waals surface area contributed by atoms with E-state index in [0.717, 1.165) is 0 Å². The molecule has 0 saturated carbocycles. The zero-order valence-corrected chi connectivity index (χ0v) is 15.0. The molecule has 8 heteroatoms. The number of sulfone groups is 1.